The van der Waals surface area contributed by atoms with E-state index in [1.165, 1.54) is 25.7 Å². The Morgan fingerprint density at radius 2 is 1.75 bits per heavy atom. The lowest BCUT2D eigenvalue weighted by atomic mass is 9.95. The largest absolute Gasteiger partial charge is 0.478 e. The van der Waals surface area contributed by atoms with E-state index in [-0.39, 0.29) is 0 Å². The van der Waals surface area contributed by atoms with Crippen LogP contribution < -0.4 is 0 Å². The van der Waals surface area contributed by atoms with Crippen molar-refractivity contribution in [3.8, 4) is 0 Å². The summed E-state index contributed by atoms with van der Waals surface area (Å²) < 4.78 is 0. The Kier molecular flexibility index (Phi) is 5.16. The molecule has 0 radical (unpaired) electrons. The van der Waals surface area contributed by atoms with Crippen LogP contribution in [0.3, 0.4) is 0 Å². The van der Waals surface area contributed by atoms with Gasteiger partial charge in [0.1, 0.15) is 0 Å². The number of benzene rings is 2. The zero-order chi connectivity index (χ0) is 14.4. The number of rotatable bonds is 7. The Labute approximate surface area is 120 Å². The van der Waals surface area contributed by atoms with Gasteiger partial charge in [0.25, 0.3) is 0 Å². The number of carbonyl (C=O) groups is 1. The summed E-state index contributed by atoms with van der Waals surface area (Å²) in [4.78, 5) is 11.6. The van der Waals surface area contributed by atoms with Gasteiger partial charge in [0.15, 0.2) is 0 Å². The SMILES string of the molecule is CCCCCCCc1ccc2ccccc2c1C(=O)O. The lowest BCUT2D eigenvalue weighted by molar-refractivity contribution is 0.0698. The monoisotopic (exact) mass is 270 g/mol. The Hall–Kier alpha value is -1.83. The van der Waals surface area contributed by atoms with E-state index >= 15 is 0 Å². The molecule has 0 spiro atoms. The third-order valence-corrected chi connectivity index (χ3v) is 3.78. The van der Waals surface area contributed by atoms with Crippen LogP contribution in [0.4, 0.5) is 0 Å². The maximum Gasteiger partial charge on any atom is 0.336 e. The second kappa shape index (κ2) is 7.09. The minimum absolute atomic E-state index is 0.485. The number of aryl methyl sites for hydroxylation is 1. The first-order valence-electron chi connectivity index (χ1n) is 7.48. The van der Waals surface area contributed by atoms with E-state index in [2.05, 4.69) is 6.92 Å². The minimum atomic E-state index is -0.814. The van der Waals surface area contributed by atoms with E-state index in [4.69, 9.17) is 0 Å². The van der Waals surface area contributed by atoms with Gasteiger partial charge in [-0.2, -0.15) is 0 Å². The normalized spacial score (nSPS) is 10.8. The number of hydrogen-bond donors (Lipinski definition) is 1. The zero-order valence-electron chi connectivity index (χ0n) is 12.1. The molecule has 0 aromatic heterocycles. The quantitative estimate of drug-likeness (QED) is 0.715. The lowest BCUT2D eigenvalue weighted by Gasteiger charge is -2.09. The molecule has 0 heterocycles. The fraction of sp³-hybridized carbons (Fsp3) is 0.389. The first-order chi connectivity index (χ1) is 9.74. The van der Waals surface area contributed by atoms with Crippen molar-refractivity contribution in [2.75, 3.05) is 0 Å². The molecule has 2 aromatic carbocycles. The summed E-state index contributed by atoms with van der Waals surface area (Å²) in [5.74, 6) is -0.814. The highest BCUT2D eigenvalue weighted by Gasteiger charge is 2.13. The van der Waals surface area contributed by atoms with Crippen LogP contribution in [0.1, 0.15) is 54.9 Å². The van der Waals surface area contributed by atoms with Gasteiger partial charge in [-0.25, -0.2) is 4.79 Å². The molecule has 0 atom stereocenters. The van der Waals surface area contributed by atoms with E-state index in [1.807, 2.05) is 36.4 Å². The highest BCUT2D eigenvalue weighted by atomic mass is 16.4. The number of carboxylic acids is 1. The van der Waals surface area contributed by atoms with Gasteiger partial charge in [-0.1, -0.05) is 69.0 Å². The first-order valence-corrected chi connectivity index (χ1v) is 7.48. The van der Waals surface area contributed by atoms with Gasteiger partial charge in [0, 0.05) is 0 Å². The summed E-state index contributed by atoms with van der Waals surface area (Å²) in [7, 11) is 0. The van der Waals surface area contributed by atoms with Gasteiger partial charge in [-0.15, -0.1) is 0 Å². The predicted octanol–water partition coefficient (Wildman–Crippen LogP) is 5.05. The highest BCUT2D eigenvalue weighted by molar-refractivity contribution is 6.05. The molecule has 2 rings (SSSR count). The van der Waals surface area contributed by atoms with Crippen LogP contribution in [-0.4, -0.2) is 11.1 Å². The fourth-order valence-corrected chi connectivity index (χ4v) is 2.70. The summed E-state index contributed by atoms with van der Waals surface area (Å²) in [6.07, 6.45) is 6.85. The Morgan fingerprint density at radius 1 is 1.00 bits per heavy atom. The Bertz CT molecular complexity index is 587. The number of fused-ring (bicyclic) bond motifs is 1. The van der Waals surface area contributed by atoms with Gasteiger partial charge >= 0.3 is 5.97 Å². The van der Waals surface area contributed by atoms with Crippen LogP contribution >= 0.6 is 0 Å². The van der Waals surface area contributed by atoms with Gasteiger partial charge in [0.05, 0.1) is 5.56 Å². The van der Waals surface area contributed by atoms with Gasteiger partial charge in [-0.05, 0) is 29.2 Å². The van der Waals surface area contributed by atoms with Crippen molar-refractivity contribution < 1.29 is 9.90 Å². The van der Waals surface area contributed by atoms with Gasteiger partial charge < -0.3 is 5.11 Å². The Morgan fingerprint density at radius 3 is 2.50 bits per heavy atom. The fourth-order valence-electron chi connectivity index (χ4n) is 2.70. The average Bonchev–Trinajstić information content (AvgIpc) is 2.46. The molecule has 0 unspecified atom stereocenters. The van der Waals surface area contributed by atoms with Crippen molar-refractivity contribution >= 4 is 16.7 Å². The lowest BCUT2D eigenvalue weighted by Crippen LogP contribution is -2.04. The van der Waals surface area contributed by atoms with Crippen LogP contribution in [0, 0.1) is 0 Å². The third kappa shape index (κ3) is 3.38. The molecule has 2 nitrogen and oxygen atoms in total. The maximum atomic E-state index is 11.6. The average molecular weight is 270 g/mol. The molecule has 2 heteroatoms. The van der Waals surface area contributed by atoms with Crippen molar-refractivity contribution in [2.45, 2.75) is 45.4 Å². The number of unbranched alkanes of at least 4 members (excludes halogenated alkanes) is 4. The summed E-state index contributed by atoms with van der Waals surface area (Å²) in [5, 5.41) is 11.4. The number of hydrogen-bond acceptors (Lipinski definition) is 1. The Balaban J connectivity index is 2.20. The summed E-state index contributed by atoms with van der Waals surface area (Å²) in [6, 6.07) is 11.7. The van der Waals surface area contributed by atoms with Crippen LogP contribution in [0.25, 0.3) is 10.8 Å². The molecule has 0 amide bonds. The highest BCUT2D eigenvalue weighted by Crippen LogP contribution is 2.24. The number of aromatic carboxylic acids is 1. The standard InChI is InChI=1S/C18H22O2/c1-2-3-4-5-6-10-15-13-12-14-9-7-8-11-16(14)17(15)18(19)20/h7-9,11-13H,2-6,10H2,1H3,(H,19,20). The molecule has 0 bridgehead atoms. The van der Waals surface area contributed by atoms with Crippen molar-refractivity contribution in [3.05, 3.63) is 47.5 Å². The third-order valence-electron chi connectivity index (χ3n) is 3.78. The minimum Gasteiger partial charge on any atom is -0.478 e. The molecule has 0 saturated carbocycles. The van der Waals surface area contributed by atoms with Crippen LogP contribution in [0.2, 0.25) is 0 Å². The first kappa shape index (κ1) is 14.6. The van der Waals surface area contributed by atoms with E-state index in [1.54, 1.807) is 0 Å². The molecule has 0 saturated heterocycles. The van der Waals surface area contributed by atoms with E-state index < -0.39 is 5.97 Å². The van der Waals surface area contributed by atoms with Crippen molar-refractivity contribution in [1.29, 1.82) is 0 Å². The molecule has 0 fully saturated rings. The van der Waals surface area contributed by atoms with Crippen LogP contribution in [-0.2, 0) is 6.42 Å². The van der Waals surface area contributed by atoms with Crippen molar-refractivity contribution in [3.63, 3.8) is 0 Å². The second-order valence-electron chi connectivity index (χ2n) is 5.29. The van der Waals surface area contributed by atoms with Crippen LogP contribution in [0.5, 0.6) is 0 Å². The molecule has 1 N–H and O–H groups in total. The zero-order valence-corrected chi connectivity index (χ0v) is 12.1. The van der Waals surface area contributed by atoms with Crippen molar-refractivity contribution in [2.24, 2.45) is 0 Å². The van der Waals surface area contributed by atoms with Gasteiger partial charge in [0.2, 0.25) is 0 Å². The molecule has 0 aliphatic rings. The molecule has 106 valence electrons. The van der Waals surface area contributed by atoms with Crippen LogP contribution in [0.15, 0.2) is 36.4 Å². The van der Waals surface area contributed by atoms with E-state index in [0.717, 1.165) is 29.2 Å². The molecule has 2 aromatic rings. The predicted molar refractivity (Wildman–Crippen MR) is 83.4 cm³/mol. The topological polar surface area (TPSA) is 37.3 Å². The molecular formula is C18H22O2. The molecule has 0 aliphatic heterocycles. The number of carboxylic acid groups (broad SMARTS) is 1. The molecular weight excluding hydrogens is 248 g/mol. The summed E-state index contributed by atoms with van der Waals surface area (Å²) in [5.41, 5.74) is 1.45. The summed E-state index contributed by atoms with van der Waals surface area (Å²) in [6.45, 7) is 2.20. The van der Waals surface area contributed by atoms with E-state index in [0.29, 0.717) is 5.56 Å². The van der Waals surface area contributed by atoms with Crippen molar-refractivity contribution in [1.82, 2.24) is 0 Å². The smallest absolute Gasteiger partial charge is 0.336 e. The molecule has 0 aliphatic carbocycles. The summed E-state index contributed by atoms with van der Waals surface area (Å²) >= 11 is 0. The maximum absolute atomic E-state index is 11.6. The van der Waals surface area contributed by atoms with E-state index in [9.17, 15) is 9.90 Å². The van der Waals surface area contributed by atoms with Gasteiger partial charge in [-0.3, -0.25) is 0 Å². The molecule has 20 heavy (non-hydrogen) atoms. The second-order valence-corrected chi connectivity index (χ2v) is 5.29.